The van der Waals surface area contributed by atoms with Crippen LogP contribution in [0.1, 0.15) is 12.5 Å². The lowest BCUT2D eigenvalue weighted by Crippen LogP contribution is -2.45. The minimum atomic E-state index is -0.673. The molecule has 0 radical (unpaired) electrons. The molecule has 0 aromatic heterocycles. The molecule has 0 amide bonds. The van der Waals surface area contributed by atoms with Crippen molar-refractivity contribution < 1.29 is 4.39 Å². The van der Waals surface area contributed by atoms with Crippen LogP contribution in [-0.2, 0) is 0 Å². The molecule has 1 aromatic carbocycles. The van der Waals surface area contributed by atoms with Gasteiger partial charge in [-0.1, -0.05) is 23.2 Å². The molecule has 1 rings (SSSR count). The molecule has 0 aliphatic rings. The fourth-order valence-corrected chi connectivity index (χ4v) is 1.88. The molecule has 3 nitrogen and oxygen atoms in total. The number of nitrogens with one attached hydrogen (secondary N) is 3. The second-order valence-corrected chi connectivity index (χ2v) is 4.57. The largest absolute Gasteiger partial charge is 0.370 e. The van der Waals surface area contributed by atoms with Crippen LogP contribution >= 0.6 is 23.2 Å². The Hall–Kier alpha value is -0.550. The number of halogens is 3. The lowest BCUT2D eigenvalue weighted by Gasteiger charge is -2.21. The lowest BCUT2D eigenvalue weighted by atomic mass is 10.2. The summed E-state index contributed by atoms with van der Waals surface area (Å²) in [4.78, 5) is 0. The Morgan fingerprint density at radius 3 is 2.71 bits per heavy atom. The van der Waals surface area contributed by atoms with E-state index in [1.165, 1.54) is 0 Å². The summed E-state index contributed by atoms with van der Waals surface area (Å²) in [7, 11) is 0. The van der Waals surface area contributed by atoms with Gasteiger partial charge in [-0.3, -0.25) is 10.6 Å². The first-order valence-corrected chi connectivity index (χ1v) is 6.06. The number of aryl methyl sites for hydroxylation is 1. The van der Waals surface area contributed by atoms with Crippen molar-refractivity contribution in [2.75, 3.05) is 12.1 Å². The molecule has 0 fully saturated rings. The average molecular weight is 280 g/mol. The Kier molecular flexibility index (Phi) is 5.98. The van der Waals surface area contributed by atoms with E-state index >= 15 is 0 Å². The maximum absolute atomic E-state index is 12.0. The molecule has 0 heterocycles. The summed E-state index contributed by atoms with van der Waals surface area (Å²) in [6, 6.07) is 5.57. The van der Waals surface area contributed by atoms with Crippen LogP contribution in [0, 0.1) is 6.92 Å². The maximum Gasteiger partial charge on any atom is 0.142 e. The summed E-state index contributed by atoms with van der Waals surface area (Å²) in [5, 5.41) is 9.26. The minimum Gasteiger partial charge on any atom is -0.370 e. The van der Waals surface area contributed by atoms with Gasteiger partial charge in [-0.2, -0.15) is 0 Å². The Morgan fingerprint density at radius 1 is 1.41 bits per heavy atom. The Labute approximate surface area is 111 Å². The van der Waals surface area contributed by atoms with Gasteiger partial charge < -0.3 is 5.32 Å². The third kappa shape index (κ3) is 5.08. The SMILES string of the molecule is Cc1cc(Cl)ccc1NC(C)NC(Cl)NCF. The van der Waals surface area contributed by atoms with E-state index < -0.39 is 12.4 Å². The van der Waals surface area contributed by atoms with E-state index in [1.807, 2.05) is 32.0 Å². The number of alkyl halides is 2. The van der Waals surface area contributed by atoms with Gasteiger partial charge in [-0.25, -0.2) is 4.39 Å². The Morgan fingerprint density at radius 2 is 2.12 bits per heavy atom. The average Bonchev–Trinajstić information content (AvgIpc) is 2.22. The van der Waals surface area contributed by atoms with Gasteiger partial charge in [0.25, 0.3) is 0 Å². The van der Waals surface area contributed by atoms with Gasteiger partial charge in [0.1, 0.15) is 12.4 Å². The molecule has 6 heteroatoms. The molecule has 0 saturated carbocycles. The Bertz CT molecular complexity index is 363. The zero-order chi connectivity index (χ0) is 12.8. The maximum atomic E-state index is 12.0. The molecular formula is C11H16Cl2FN3. The lowest BCUT2D eigenvalue weighted by molar-refractivity contribution is 0.381. The molecule has 2 unspecified atom stereocenters. The van der Waals surface area contributed by atoms with Crippen LogP contribution in [0.25, 0.3) is 0 Å². The summed E-state index contributed by atoms with van der Waals surface area (Å²) < 4.78 is 12.0. The van der Waals surface area contributed by atoms with Gasteiger partial charge >= 0.3 is 0 Å². The van der Waals surface area contributed by atoms with Crippen molar-refractivity contribution in [3.05, 3.63) is 28.8 Å². The molecule has 96 valence electrons. The quantitative estimate of drug-likeness (QED) is 0.426. The first kappa shape index (κ1) is 14.5. The van der Waals surface area contributed by atoms with Crippen molar-refractivity contribution in [1.29, 1.82) is 0 Å². The van der Waals surface area contributed by atoms with Crippen LogP contribution in [0.15, 0.2) is 18.2 Å². The number of benzene rings is 1. The standard InChI is InChI=1S/C11H16Cl2FN3/c1-7-5-9(12)3-4-10(7)16-8(2)17-11(13)15-6-14/h3-5,8,11,15-17H,6H2,1-2H3. The highest BCUT2D eigenvalue weighted by atomic mass is 35.5. The third-order valence-electron chi connectivity index (χ3n) is 2.21. The molecule has 3 N–H and O–H groups in total. The summed E-state index contributed by atoms with van der Waals surface area (Å²) in [5.41, 5.74) is 1.38. The van der Waals surface area contributed by atoms with E-state index in [9.17, 15) is 4.39 Å². The highest BCUT2D eigenvalue weighted by Gasteiger charge is 2.08. The van der Waals surface area contributed by atoms with E-state index in [1.54, 1.807) is 0 Å². The van der Waals surface area contributed by atoms with Gasteiger partial charge in [0, 0.05) is 10.7 Å². The smallest absolute Gasteiger partial charge is 0.142 e. The van der Waals surface area contributed by atoms with Crippen molar-refractivity contribution >= 4 is 28.9 Å². The molecule has 0 aliphatic carbocycles. The molecule has 2 atom stereocenters. The van der Waals surface area contributed by atoms with Gasteiger partial charge in [0.2, 0.25) is 0 Å². The van der Waals surface area contributed by atoms with Crippen molar-refractivity contribution in [3.63, 3.8) is 0 Å². The van der Waals surface area contributed by atoms with Crippen LogP contribution in [0.3, 0.4) is 0 Å². The highest BCUT2D eigenvalue weighted by Crippen LogP contribution is 2.19. The Balaban J connectivity index is 2.52. The van der Waals surface area contributed by atoms with Crippen LogP contribution in [-0.4, -0.2) is 18.6 Å². The highest BCUT2D eigenvalue weighted by molar-refractivity contribution is 6.30. The number of hydrogen-bond donors (Lipinski definition) is 3. The molecular weight excluding hydrogens is 264 g/mol. The fourth-order valence-electron chi connectivity index (χ4n) is 1.41. The van der Waals surface area contributed by atoms with Crippen LogP contribution in [0.5, 0.6) is 0 Å². The van der Waals surface area contributed by atoms with E-state index in [-0.39, 0.29) is 6.17 Å². The zero-order valence-corrected chi connectivity index (χ0v) is 11.2. The molecule has 0 bridgehead atoms. The van der Waals surface area contributed by atoms with Crippen LogP contribution in [0.2, 0.25) is 5.02 Å². The first-order valence-electron chi connectivity index (χ1n) is 5.25. The summed E-state index contributed by atoms with van der Waals surface area (Å²) in [6.07, 6.45) is -0.101. The van der Waals surface area contributed by atoms with Crippen molar-refractivity contribution in [1.82, 2.24) is 10.6 Å². The summed E-state index contributed by atoms with van der Waals surface area (Å²) in [6.45, 7) is 3.18. The van der Waals surface area contributed by atoms with Crippen molar-refractivity contribution in [2.24, 2.45) is 0 Å². The molecule has 0 aliphatic heterocycles. The van der Waals surface area contributed by atoms with Crippen molar-refractivity contribution in [3.8, 4) is 0 Å². The molecule has 17 heavy (non-hydrogen) atoms. The van der Waals surface area contributed by atoms with Gasteiger partial charge in [0.15, 0.2) is 0 Å². The first-order chi connectivity index (χ1) is 8.02. The minimum absolute atomic E-state index is 0.101. The zero-order valence-electron chi connectivity index (χ0n) is 9.73. The van der Waals surface area contributed by atoms with Crippen molar-refractivity contribution in [2.45, 2.75) is 25.6 Å². The van der Waals surface area contributed by atoms with Gasteiger partial charge in [-0.05, 0) is 37.6 Å². The van der Waals surface area contributed by atoms with E-state index in [0.717, 1.165) is 11.3 Å². The normalized spacial score (nSPS) is 14.4. The van der Waals surface area contributed by atoms with E-state index in [0.29, 0.717) is 5.02 Å². The second kappa shape index (κ2) is 7.01. The van der Waals surface area contributed by atoms with Gasteiger partial charge in [0.05, 0.1) is 6.17 Å². The predicted octanol–water partition coefficient (Wildman–Crippen LogP) is 3.03. The molecule has 0 saturated heterocycles. The topological polar surface area (TPSA) is 36.1 Å². The van der Waals surface area contributed by atoms with Crippen LogP contribution in [0.4, 0.5) is 10.1 Å². The third-order valence-corrected chi connectivity index (χ3v) is 2.73. The molecule has 0 spiro atoms. The van der Waals surface area contributed by atoms with E-state index in [2.05, 4.69) is 16.0 Å². The van der Waals surface area contributed by atoms with Crippen LogP contribution < -0.4 is 16.0 Å². The number of anilines is 1. The number of rotatable bonds is 6. The fraction of sp³-hybridized carbons (Fsp3) is 0.455. The number of hydrogen-bond acceptors (Lipinski definition) is 3. The second-order valence-electron chi connectivity index (χ2n) is 3.69. The monoisotopic (exact) mass is 279 g/mol. The summed E-state index contributed by atoms with van der Waals surface area (Å²) in [5.74, 6) is 0. The van der Waals surface area contributed by atoms with Gasteiger partial charge in [-0.15, -0.1) is 0 Å². The van der Waals surface area contributed by atoms with E-state index in [4.69, 9.17) is 23.2 Å². The summed E-state index contributed by atoms with van der Waals surface area (Å²) >= 11 is 11.6. The molecule has 1 aromatic rings. The predicted molar refractivity (Wildman–Crippen MR) is 71.2 cm³/mol.